The molecule has 0 aromatic heterocycles. The van der Waals surface area contributed by atoms with Crippen molar-refractivity contribution >= 4 is 46.5 Å². The number of carbonyl (C=O) groups excluding carboxylic acids is 4. The number of imide groups is 1. The predicted molar refractivity (Wildman–Crippen MR) is 115 cm³/mol. The summed E-state index contributed by atoms with van der Waals surface area (Å²) in [6.45, 7) is 4.72. The first-order chi connectivity index (χ1) is 14.2. The van der Waals surface area contributed by atoms with Gasteiger partial charge in [0.2, 0.25) is 5.91 Å². The Morgan fingerprint density at radius 1 is 1.10 bits per heavy atom. The number of carbonyl (C=O) groups is 4. The van der Waals surface area contributed by atoms with E-state index in [4.69, 9.17) is 4.74 Å². The number of thioether (sulfide) groups is 1. The normalized spacial score (nSPS) is 14.9. The molecule has 0 aliphatic carbocycles. The number of aryl methyl sites for hydroxylation is 2. The SMILES string of the molecule is CC(=O)Oc1ccc(/C=C2/SC(=O)N(CC(=O)Nc3cc(C)ccc3C)C2=O)cc1. The van der Waals surface area contributed by atoms with Gasteiger partial charge in [-0.3, -0.25) is 24.1 Å². The zero-order valence-corrected chi connectivity index (χ0v) is 17.5. The van der Waals surface area contributed by atoms with Gasteiger partial charge in [0.1, 0.15) is 12.3 Å². The largest absolute Gasteiger partial charge is 0.427 e. The van der Waals surface area contributed by atoms with Crippen LogP contribution in [0.5, 0.6) is 5.75 Å². The highest BCUT2D eigenvalue weighted by molar-refractivity contribution is 8.18. The van der Waals surface area contributed by atoms with Crippen LogP contribution in [0.15, 0.2) is 47.4 Å². The maximum absolute atomic E-state index is 12.6. The van der Waals surface area contributed by atoms with E-state index in [2.05, 4.69) is 5.32 Å². The number of hydrogen-bond donors (Lipinski definition) is 1. The van der Waals surface area contributed by atoms with Gasteiger partial charge in [-0.25, -0.2) is 0 Å². The summed E-state index contributed by atoms with van der Waals surface area (Å²) in [7, 11) is 0. The van der Waals surface area contributed by atoms with Crippen LogP contribution in [0, 0.1) is 13.8 Å². The topological polar surface area (TPSA) is 92.8 Å². The number of ether oxygens (including phenoxy) is 1. The first kappa shape index (κ1) is 21.3. The average molecular weight is 424 g/mol. The van der Waals surface area contributed by atoms with Gasteiger partial charge in [-0.05, 0) is 66.6 Å². The Morgan fingerprint density at radius 3 is 2.47 bits per heavy atom. The number of anilines is 1. The van der Waals surface area contributed by atoms with Crippen LogP contribution in [0.25, 0.3) is 6.08 Å². The van der Waals surface area contributed by atoms with E-state index in [1.807, 2.05) is 32.0 Å². The van der Waals surface area contributed by atoms with E-state index in [9.17, 15) is 19.2 Å². The van der Waals surface area contributed by atoms with Crippen LogP contribution in [0.2, 0.25) is 0 Å². The lowest BCUT2D eigenvalue weighted by atomic mass is 10.1. The van der Waals surface area contributed by atoms with Gasteiger partial charge in [-0.1, -0.05) is 24.3 Å². The molecular formula is C22H20N2O5S. The number of hydrogen-bond acceptors (Lipinski definition) is 6. The van der Waals surface area contributed by atoms with Crippen molar-refractivity contribution in [1.29, 1.82) is 0 Å². The van der Waals surface area contributed by atoms with Crippen LogP contribution in [-0.4, -0.2) is 34.5 Å². The minimum atomic E-state index is -0.523. The molecule has 0 bridgehead atoms. The van der Waals surface area contributed by atoms with Crippen LogP contribution in [0.1, 0.15) is 23.6 Å². The molecule has 1 fully saturated rings. The second kappa shape index (κ2) is 8.96. The molecule has 0 radical (unpaired) electrons. The molecule has 1 aliphatic heterocycles. The third kappa shape index (κ3) is 5.15. The van der Waals surface area contributed by atoms with E-state index in [1.54, 1.807) is 30.3 Å². The fourth-order valence-electron chi connectivity index (χ4n) is 2.79. The summed E-state index contributed by atoms with van der Waals surface area (Å²) in [5.41, 5.74) is 3.19. The highest BCUT2D eigenvalue weighted by atomic mass is 32.2. The Labute approximate surface area is 178 Å². The van der Waals surface area contributed by atoms with Crippen LogP contribution in [0.3, 0.4) is 0 Å². The van der Waals surface area contributed by atoms with E-state index in [0.717, 1.165) is 27.8 Å². The van der Waals surface area contributed by atoms with Gasteiger partial charge in [-0.2, -0.15) is 0 Å². The zero-order valence-electron chi connectivity index (χ0n) is 16.7. The molecule has 30 heavy (non-hydrogen) atoms. The van der Waals surface area contributed by atoms with Gasteiger partial charge >= 0.3 is 5.97 Å². The van der Waals surface area contributed by atoms with Crippen molar-refractivity contribution in [2.45, 2.75) is 20.8 Å². The standard InChI is InChI=1S/C22H20N2O5S/c1-13-4-5-14(2)18(10-13)23-20(26)12-24-21(27)19(30-22(24)28)11-16-6-8-17(9-7-16)29-15(3)25/h4-11H,12H2,1-3H3,(H,23,26)/b19-11+. The second-order valence-corrected chi connectivity index (χ2v) is 7.79. The average Bonchev–Trinajstić information content (AvgIpc) is 2.93. The fourth-order valence-corrected chi connectivity index (χ4v) is 3.63. The van der Waals surface area contributed by atoms with Gasteiger partial charge < -0.3 is 10.1 Å². The molecule has 3 rings (SSSR count). The molecule has 7 nitrogen and oxygen atoms in total. The Bertz CT molecular complexity index is 1060. The lowest BCUT2D eigenvalue weighted by Gasteiger charge is -2.14. The number of nitrogens with zero attached hydrogens (tertiary/aromatic N) is 1. The molecule has 3 amide bonds. The van der Waals surface area contributed by atoms with Gasteiger partial charge in [0.25, 0.3) is 11.1 Å². The molecule has 1 heterocycles. The Balaban J connectivity index is 1.68. The molecule has 1 N–H and O–H groups in total. The second-order valence-electron chi connectivity index (χ2n) is 6.80. The van der Waals surface area contributed by atoms with Crippen molar-refractivity contribution in [3.05, 3.63) is 64.1 Å². The van der Waals surface area contributed by atoms with E-state index >= 15 is 0 Å². The molecule has 2 aromatic rings. The van der Waals surface area contributed by atoms with Crippen molar-refractivity contribution in [1.82, 2.24) is 4.90 Å². The molecular weight excluding hydrogens is 404 g/mol. The van der Waals surface area contributed by atoms with Crippen LogP contribution in [-0.2, 0) is 14.4 Å². The molecule has 0 unspecified atom stereocenters. The number of amides is 3. The molecule has 154 valence electrons. The number of esters is 1. The molecule has 0 atom stereocenters. The van der Waals surface area contributed by atoms with Crippen molar-refractivity contribution in [2.24, 2.45) is 0 Å². The van der Waals surface area contributed by atoms with Crippen LogP contribution < -0.4 is 10.1 Å². The summed E-state index contributed by atoms with van der Waals surface area (Å²) in [4.78, 5) is 49.4. The maximum atomic E-state index is 12.6. The monoisotopic (exact) mass is 424 g/mol. The third-order valence-electron chi connectivity index (χ3n) is 4.28. The smallest absolute Gasteiger partial charge is 0.308 e. The van der Waals surface area contributed by atoms with E-state index in [1.165, 1.54) is 6.92 Å². The summed E-state index contributed by atoms with van der Waals surface area (Å²) in [6, 6.07) is 12.2. The maximum Gasteiger partial charge on any atom is 0.308 e. The van der Waals surface area contributed by atoms with Gasteiger partial charge in [-0.15, -0.1) is 0 Å². The van der Waals surface area contributed by atoms with Crippen LogP contribution in [0.4, 0.5) is 10.5 Å². The highest BCUT2D eigenvalue weighted by Crippen LogP contribution is 2.32. The first-order valence-electron chi connectivity index (χ1n) is 9.14. The van der Waals surface area contributed by atoms with Crippen molar-refractivity contribution in [3.63, 3.8) is 0 Å². The Kier molecular flexibility index (Phi) is 6.37. The molecule has 1 aliphatic rings. The number of rotatable bonds is 5. The Hall–Kier alpha value is -3.39. The summed E-state index contributed by atoms with van der Waals surface area (Å²) in [5.74, 6) is -1.01. The van der Waals surface area contributed by atoms with Crippen molar-refractivity contribution in [3.8, 4) is 5.75 Å². The quantitative estimate of drug-likeness (QED) is 0.445. The fraction of sp³-hybridized carbons (Fsp3) is 0.182. The lowest BCUT2D eigenvalue weighted by molar-refractivity contribution is -0.131. The van der Waals surface area contributed by atoms with Gasteiger partial charge in [0, 0.05) is 12.6 Å². The lowest BCUT2D eigenvalue weighted by Crippen LogP contribution is -2.36. The van der Waals surface area contributed by atoms with Gasteiger partial charge in [0.05, 0.1) is 4.91 Å². The van der Waals surface area contributed by atoms with Gasteiger partial charge in [0.15, 0.2) is 0 Å². The minimum Gasteiger partial charge on any atom is -0.427 e. The summed E-state index contributed by atoms with van der Waals surface area (Å²) >= 11 is 0.779. The van der Waals surface area contributed by atoms with E-state index in [0.29, 0.717) is 17.0 Å². The molecule has 0 spiro atoms. The zero-order chi connectivity index (χ0) is 21.8. The molecule has 2 aromatic carbocycles. The highest BCUT2D eigenvalue weighted by Gasteiger charge is 2.36. The Morgan fingerprint density at radius 2 is 1.80 bits per heavy atom. The van der Waals surface area contributed by atoms with E-state index < -0.39 is 23.0 Å². The summed E-state index contributed by atoms with van der Waals surface area (Å²) in [5, 5.41) is 2.25. The molecule has 1 saturated heterocycles. The van der Waals surface area contributed by atoms with E-state index in [-0.39, 0.29) is 11.4 Å². The molecule has 0 saturated carbocycles. The number of benzene rings is 2. The first-order valence-corrected chi connectivity index (χ1v) is 9.95. The predicted octanol–water partition coefficient (Wildman–Crippen LogP) is 3.90. The minimum absolute atomic E-state index is 0.222. The number of nitrogens with one attached hydrogen (secondary N) is 1. The summed E-state index contributed by atoms with van der Waals surface area (Å²) in [6.07, 6.45) is 1.56. The van der Waals surface area contributed by atoms with Crippen molar-refractivity contribution < 1.29 is 23.9 Å². The summed E-state index contributed by atoms with van der Waals surface area (Å²) < 4.78 is 4.96. The third-order valence-corrected chi connectivity index (χ3v) is 5.19. The van der Waals surface area contributed by atoms with Crippen molar-refractivity contribution in [2.75, 3.05) is 11.9 Å². The molecule has 8 heteroatoms. The van der Waals surface area contributed by atoms with Crippen LogP contribution >= 0.6 is 11.8 Å².